The Kier molecular flexibility index (Phi) is 6.04. The van der Waals surface area contributed by atoms with Crippen molar-refractivity contribution in [2.45, 2.75) is 33.2 Å². The molecule has 0 amide bonds. The summed E-state index contributed by atoms with van der Waals surface area (Å²) in [5.41, 5.74) is 0.533. The van der Waals surface area contributed by atoms with Crippen LogP contribution in [0.15, 0.2) is 36.5 Å². The molecule has 10 heteroatoms. The van der Waals surface area contributed by atoms with Crippen LogP contribution in [0, 0.1) is 6.92 Å². The van der Waals surface area contributed by atoms with Crippen LogP contribution in [0.2, 0.25) is 0 Å². The van der Waals surface area contributed by atoms with Gasteiger partial charge < -0.3 is 9.47 Å². The third kappa shape index (κ3) is 4.58. The summed E-state index contributed by atoms with van der Waals surface area (Å²) >= 11 is 0. The van der Waals surface area contributed by atoms with Gasteiger partial charge in [0.05, 0.1) is 23.4 Å². The number of hydrogen-bond donors (Lipinski definition) is 0. The number of aryl methyl sites for hydroxylation is 1. The van der Waals surface area contributed by atoms with Gasteiger partial charge in [0.15, 0.2) is 5.69 Å². The van der Waals surface area contributed by atoms with Gasteiger partial charge in [-0.2, -0.15) is 18.3 Å². The zero-order valence-electron chi connectivity index (χ0n) is 16.2. The predicted molar refractivity (Wildman–Crippen MR) is 99.5 cm³/mol. The van der Waals surface area contributed by atoms with E-state index in [1.54, 1.807) is 26.0 Å². The Labute approximate surface area is 169 Å². The molecule has 0 radical (unpaired) electrons. The number of alkyl halides is 3. The molecule has 2 heterocycles. The summed E-state index contributed by atoms with van der Waals surface area (Å²) in [7, 11) is 0. The normalized spacial score (nSPS) is 11.5. The lowest BCUT2D eigenvalue weighted by molar-refractivity contribution is -0.147. The van der Waals surface area contributed by atoms with Gasteiger partial charge >= 0.3 is 18.1 Å². The van der Waals surface area contributed by atoms with Crippen molar-refractivity contribution < 1.29 is 32.2 Å². The van der Waals surface area contributed by atoms with E-state index in [4.69, 9.17) is 9.47 Å². The second-order valence-corrected chi connectivity index (χ2v) is 6.35. The highest BCUT2D eigenvalue weighted by Crippen LogP contribution is 2.27. The first kappa shape index (κ1) is 21.3. The molecule has 0 saturated carbocycles. The molecule has 0 bridgehead atoms. The van der Waals surface area contributed by atoms with Gasteiger partial charge in [0.2, 0.25) is 0 Å². The molecule has 0 aliphatic rings. The Balaban J connectivity index is 1.80. The zero-order valence-corrected chi connectivity index (χ0v) is 16.2. The quantitative estimate of drug-likeness (QED) is 0.565. The lowest BCUT2D eigenvalue weighted by Crippen LogP contribution is -2.18. The summed E-state index contributed by atoms with van der Waals surface area (Å²) in [6.45, 7) is 2.71. The number of carbonyl (C=O) groups is 2. The highest BCUT2D eigenvalue weighted by atomic mass is 19.4. The average molecular weight is 421 g/mol. The molecule has 3 aromatic rings. The molecule has 0 saturated heterocycles. The molecule has 0 aliphatic heterocycles. The van der Waals surface area contributed by atoms with Crippen molar-refractivity contribution in [2.24, 2.45) is 0 Å². The fourth-order valence-electron chi connectivity index (χ4n) is 2.95. The fraction of sp³-hybridized carbons (Fsp3) is 0.300. The number of para-hydroxylation sites is 1. The van der Waals surface area contributed by atoms with E-state index in [-0.39, 0.29) is 24.5 Å². The van der Waals surface area contributed by atoms with Gasteiger partial charge in [-0.05, 0) is 31.5 Å². The van der Waals surface area contributed by atoms with Crippen molar-refractivity contribution >= 4 is 22.8 Å². The third-order valence-electron chi connectivity index (χ3n) is 4.30. The first-order valence-electron chi connectivity index (χ1n) is 9.02. The van der Waals surface area contributed by atoms with Gasteiger partial charge in [-0.3, -0.25) is 9.48 Å². The lowest BCUT2D eigenvalue weighted by atomic mass is 10.0. The topological polar surface area (TPSA) is 83.3 Å². The minimum atomic E-state index is -4.60. The van der Waals surface area contributed by atoms with Crippen LogP contribution in [0.1, 0.15) is 34.2 Å². The molecule has 2 aromatic heterocycles. The molecular formula is C20H18F3N3O4. The largest absolute Gasteiger partial charge is 0.462 e. The molecule has 3 rings (SSSR count). The van der Waals surface area contributed by atoms with Gasteiger partial charge in [-0.25, -0.2) is 9.78 Å². The SMILES string of the molecule is CCOC(=O)c1c(COC(=O)Cn2ccc(C(F)(F)F)n2)nc2ccccc2c1C. The summed E-state index contributed by atoms with van der Waals surface area (Å²) < 4.78 is 48.9. The number of fused-ring (bicyclic) bond motifs is 1. The number of benzene rings is 1. The molecule has 158 valence electrons. The number of nitrogens with zero attached hydrogens (tertiary/aromatic N) is 3. The van der Waals surface area contributed by atoms with Crippen LogP contribution in [0.4, 0.5) is 13.2 Å². The van der Waals surface area contributed by atoms with E-state index in [0.29, 0.717) is 11.1 Å². The molecule has 30 heavy (non-hydrogen) atoms. The third-order valence-corrected chi connectivity index (χ3v) is 4.30. The second kappa shape index (κ2) is 8.52. The summed E-state index contributed by atoms with van der Waals surface area (Å²) in [5, 5.41) is 4.06. The average Bonchev–Trinajstić information content (AvgIpc) is 3.15. The molecule has 0 atom stereocenters. The maximum atomic E-state index is 12.6. The minimum absolute atomic E-state index is 0.158. The van der Waals surface area contributed by atoms with Crippen LogP contribution in [-0.4, -0.2) is 33.3 Å². The molecule has 7 nitrogen and oxygen atoms in total. The van der Waals surface area contributed by atoms with Crippen molar-refractivity contribution in [3.63, 3.8) is 0 Å². The number of aromatic nitrogens is 3. The van der Waals surface area contributed by atoms with Crippen molar-refractivity contribution in [1.82, 2.24) is 14.8 Å². The number of rotatable bonds is 6. The first-order valence-corrected chi connectivity index (χ1v) is 9.02. The van der Waals surface area contributed by atoms with Crippen molar-refractivity contribution in [3.05, 3.63) is 59.0 Å². The predicted octanol–water partition coefficient (Wildman–Crippen LogP) is 3.68. The van der Waals surface area contributed by atoms with Gasteiger partial charge in [0.25, 0.3) is 0 Å². The second-order valence-electron chi connectivity index (χ2n) is 6.35. The van der Waals surface area contributed by atoms with Crippen molar-refractivity contribution in [1.29, 1.82) is 0 Å². The van der Waals surface area contributed by atoms with Crippen LogP contribution in [0.5, 0.6) is 0 Å². The maximum Gasteiger partial charge on any atom is 0.435 e. The minimum Gasteiger partial charge on any atom is -0.462 e. The molecule has 0 unspecified atom stereocenters. The standard InChI is InChI=1S/C20H18F3N3O4/c1-3-29-19(28)18-12(2)13-6-4-5-7-14(13)24-15(18)11-30-17(27)10-26-9-8-16(25-26)20(21,22)23/h4-9H,3,10-11H2,1-2H3. The van der Waals surface area contributed by atoms with E-state index in [0.717, 1.165) is 22.3 Å². The van der Waals surface area contributed by atoms with Crippen molar-refractivity contribution in [2.75, 3.05) is 6.61 Å². The van der Waals surface area contributed by atoms with E-state index in [2.05, 4.69) is 10.1 Å². The maximum absolute atomic E-state index is 12.6. The number of pyridine rings is 1. The Morgan fingerprint density at radius 1 is 1.13 bits per heavy atom. The van der Waals surface area contributed by atoms with Crippen LogP contribution < -0.4 is 0 Å². The van der Waals surface area contributed by atoms with Crippen LogP contribution >= 0.6 is 0 Å². The number of carbonyl (C=O) groups excluding carboxylic acids is 2. The summed E-state index contributed by atoms with van der Waals surface area (Å²) in [6.07, 6.45) is -3.57. The molecule has 0 spiro atoms. The Hall–Kier alpha value is -3.43. The van der Waals surface area contributed by atoms with E-state index in [9.17, 15) is 22.8 Å². The van der Waals surface area contributed by atoms with Crippen LogP contribution in [0.25, 0.3) is 10.9 Å². The van der Waals surface area contributed by atoms with Gasteiger partial charge in [0, 0.05) is 11.6 Å². The van der Waals surface area contributed by atoms with E-state index >= 15 is 0 Å². The van der Waals surface area contributed by atoms with E-state index in [1.807, 2.05) is 12.1 Å². The number of halogens is 3. The highest BCUT2D eigenvalue weighted by Gasteiger charge is 2.33. The van der Waals surface area contributed by atoms with E-state index < -0.39 is 30.4 Å². The molecule has 0 N–H and O–H groups in total. The van der Waals surface area contributed by atoms with Gasteiger partial charge in [-0.15, -0.1) is 0 Å². The van der Waals surface area contributed by atoms with Crippen molar-refractivity contribution in [3.8, 4) is 0 Å². The zero-order chi connectivity index (χ0) is 21.9. The Morgan fingerprint density at radius 3 is 2.53 bits per heavy atom. The number of hydrogen-bond acceptors (Lipinski definition) is 6. The van der Waals surface area contributed by atoms with E-state index in [1.165, 1.54) is 0 Å². The fourth-order valence-corrected chi connectivity index (χ4v) is 2.95. The van der Waals surface area contributed by atoms with Gasteiger partial charge in [-0.1, -0.05) is 18.2 Å². The molecule has 0 aliphatic carbocycles. The lowest BCUT2D eigenvalue weighted by Gasteiger charge is -2.14. The summed E-state index contributed by atoms with van der Waals surface area (Å²) in [4.78, 5) is 28.9. The number of ether oxygens (including phenoxy) is 2. The number of esters is 2. The smallest absolute Gasteiger partial charge is 0.435 e. The summed E-state index contributed by atoms with van der Waals surface area (Å²) in [5.74, 6) is -1.42. The molecule has 0 fully saturated rings. The molecular weight excluding hydrogens is 403 g/mol. The highest BCUT2D eigenvalue weighted by molar-refractivity contribution is 5.98. The molecule has 1 aromatic carbocycles. The summed E-state index contributed by atoms with van der Waals surface area (Å²) in [6, 6.07) is 7.92. The Bertz CT molecular complexity index is 1090. The van der Waals surface area contributed by atoms with Gasteiger partial charge in [0.1, 0.15) is 13.2 Å². The first-order chi connectivity index (χ1) is 14.2. The monoisotopic (exact) mass is 421 g/mol. The van der Waals surface area contributed by atoms with Crippen LogP contribution in [0.3, 0.4) is 0 Å². The Morgan fingerprint density at radius 2 is 1.87 bits per heavy atom. The van der Waals surface area contributed by atoms with Crippen LogP contribution in [-0.2, 0) is 33.6 Å².